The molecule has 46 heavy (non-hydrogen) atoms. The van der Waals surface area contributed by atoms with E-state index in [1.165, 1.54) is 41.3 Å². The fourth-order valence-electron chi connectivity index (χ4n) is 6.32. The number of likely N-dealkylation sites (tertiary alicyclic amines) is 1. The fourth-order valence-corrected chi connectivity index (χ4v) is 6.32. The van der Waals surface area contributed by atoms with Crippen LogP contribution in [0.15, 0.2) is 71.0 Å². The zero-order valence-corrected chi connectivity index (χ0v) is 25.1. The van der Waals surface area contributed by atoms with Gasteiger partial charge in [0.05, 0.1) is 24.4 Å². The summed E-state index contributed by atoms with van der Waals surface area (Å²) in [4.78, 5) is 17.2. The normalized spacial score (nSPS) is 21.8. The molecule has 1 fully saturated rings. The number of nitrogens with one attached hydrogen (secondary N) is 1. The molecule has 7 nitrogen and oxygen atoms in total. The molecule has 2 atom stereocenters. The number of hydrazine groups is 1. The van der Waals surface area contributed by atoms with E-state index in [1.807, 2.05) is 19.9 Å². The van der Waals surface area contributed by atoms with Crippen LogP contribution in [-0.4, -0.2) is 66.1 Å². The summed E-state index contributed by atoms with van der Waals surface area (Å²) >= 11 is 0. The zero-order valence-electron chi connectivity index (χ0n) is 25.1. The van der Waals surface area contributed by atoms with E-state index >= 15 is 4.39 Å². The lowest BCUT2D eigenvalue weighted by molar-refractivity contribution is -0.148. The number of hydrogen-bond acceptors (Lipinski definition) is 6. The molecule has 5 rings (SSSR count). The van der Waals surface area contributed by atoms with Crippen LogP contribution in [0.3, 0.4) is 0 Å². The standard InChI is InChI=1S/C32H33F7N4O3/c1-18-13-21(20-9-11-42(12-10-20)17-31(34,35)36)14-19(2)24(18)16-46-28-22(5-3-6-25(28)33)26-7-4-8-27(41-26)43-29(32(37,38)39)23(15-40-43)30(44)45/h3-8,13-14,18,20,24,40H,9-12,15-17H2,1-2H3,(H,44,45). The van der Waals surface area contributed by atoms with Gasteiger partial charge in [0.1, 0.15) is 5.82 Å². The molecule has 14 heteroatoms. The molecule has 1 aliphatic carbocycles. The molecule has 0 radical (unpaired) electrons. The number of alkyl halides is 6. The second-order valence-corrected chi connectivity index (χ2v) is 11.8. The molecule has 0 saturated carbocycles. The second kappa shape index (κ2) is 13.1. The fraction of sp³-hybridized carbons (Fsp3) is 0.438. The molecule has 2 aliphatic heterocycles. The van der Waals surface area contributed by atoms with E-state index in [-0.39, 0.29) is 47.2 Å². The molecule has 3 heterocycles. The van der Waals surface area contributed by atoms with Gasteiger partial charge in [0.25, 0.3) is 0 Å². The molecular formula is C32H33F7N4O3. The Morgan fingerprint density at radius 2 is 1.78 bits per heavy atom. The number of carboxylic acids is 1. The Morgan fingerprint density at radius 3 is 2.41 bits per heavy atom. The van der Waals surface area contributed by atoms with Crippen molar-refractivity contribution in [2.45, 2.75) is 39.0 Å². The molecule has 1 aromatic heterocycles. The number of pyridine rings is 1. The van der Waals surface area contributed by atoms with E-state index in [0.29, 0.717) is 30.9 Å². The highest BCUT2D eigenvalue weighted by atomic mass is 19.4. The van der Waals surface area contributed by atoms with E-state index < -0.39 is 48.5 Å². The highest BCUT2D eigenvalue weighted by molar-refractivity contribution is 5.90. The zero-order chi connectivity index (χ0) is 33.4. The van der Waals surface area contributed by atoms with Crippen LogP contribution in [-0.2, 0) is 4.79 Å². The van der Waals surface area contributed by atoms with E-state index in [9.17, 15) is 36.2 Å². The van der Waals surface area contributed by atoms with Crippen LogP contribution in [0.25, 0.3) is 11.3 Å². The van der Waals surface area contributed by atoms with Gasteiger partial charge in [0.15, 0.2) is 17.3 Å². The number of hydrogen-bond donors (Lipinski definition) is 2. The predicted octanol–water partition coefficient (Wildman–Crippen LogP) is 6.91. The summed E-state index contributed by atoms with van der Waals surface area (Å²) in [5.74, 6) is -2.78. The average Bonchev–Trinajstić information content (AvgIpc) is 3.44. The summed E-state index contributed by atoms with van der Waals surface area (Å²) in [7, 11) is 0. The maximum atomic E-state index is 15.2. The number of carbonyl (C=O) groups is 1. The van der Waals surface area contributed by atoms with Gasteiger partial charge in [-0.2, -0.15) is 26.3 Å². The number of rotatable bonds is 8. The molecule has 0 amide bonds. The number of aliphatic carboxylic acids is 1. The third-order valence-electron chi connectivity index (χ3n) is 8.59. The number of anilines is 1. The molecule has 0 spiro atoms. The molecule has 0 bridgehead atoms. The number of aromatic nitrogens is 1. The summed E-state index contributed by atoms with van der Waals surface area (Å²) in [6, 6.07) is 8.34. The van der Waals surface area contributed by atoms with Crippen LogP contribution in [0.4, 0.5) is 36.6 Å². The Hall–Kier alpha value is -3.91. The Bertz CT molecular complexity index is 1560. The quantitative estimate of drug-likeness (QED) is 0.300. The minimum atomic E-state index is -4.98. The van der Waals surface area contributed by atoms with Gasteiger partial charge in [0.2, 0.25) is 0 Å². The Balaban J connectivity index is 1.31. The molecule has 2 aromatic rings. The van der Waals surface area contributed by atoms with Gasteiger partial charge in [-0.05, 0) is 74.5 Å². The van der Waals surface area contributed by atoms with Gasteiger partial charge in [-0.25, -0.2) is 19.6 Å². The lowest BCUT2D eigenvalue weighted by atomic mass is 9.77. The van der Waals surface area contributed by atoms with Crippen molar-refractivity contribution in [1.29, 1.82) is 0 Å². The molecule has 2 N–H and O–H groups in total. The van der Waals surface area contributed by atoms with Crippen molar-refractivity contribution in [2.24, 2.45) is 17.8 Å². The molecular weight excluding hydrogens is 621 g/mol. The van der Waals surface area contributed by atoms with Crippen LogP contribution in [0.1, 0.15) is 26.7 Å². The number of carboxylic acid groups (broad SMARTS) is 1. The average molecular weight is 655 g/mol. The minimum absolute atomic E-state index is 0.0119. The van der Waals surface area contributed by atoms with Crippen molar-refractivity contribution in [3.05, 3.63) is 76.8 Å². The van der Waals surface area contributed by atoms with Gasteiger partial charge < -0.3 is 9.84 Å². The van der Waals surface area contributed by atoms with Gasteiger partial charge >= 0.3 is 18.3 Å². The van der Waals surface area contributed by atoms with Gasteiger partial charge in [-0.15, -0.1) is 0 Å². The van der Waals surface area contributed by atoms with Crippen molar-refractivity contribution in [3.8, 4) is 17.0 Å². The molecule has 3 aliphatic rings. The Kier molecular flexibility index (Phi) is 9.50. The monoisotopic (exact) mass is 654 g/mol. The van der Waals surface area contributed by atoms with Gasteiger partial charge in [0, 0.05) is 18.0 Å². The van der Waals surface area contributed by atoms with E-state index in [1.54, 1.807) is 0 Å². The minimum Gasteiger partial charge on any atom is -0.489 e. The third kappa shape index (κ3) is 7.38. The van der Waals surface area contributed by atoms with Gasteiger partial charge in [-0.1, -0.05) is 36.8 Å². The maximum Gasteiger partial charge on any atom is 0.433 e. The van der Waals surface area contributed by atoms with Crippen molar-refractivity contribution in [2.75, 3.05) is 37.8 Å². The van der Waals surface area contributed by atoms with E-state index in [4.69, 9.17) is 4.74 Å². The van der Waals surface area contributed by atoms with Crippen LogP contribution in [0.5, 0.6) is 5.75 Å². The number of para-hydroxylation sites is 1. The number of nitrogens with zero attached hydrogens (tertiary/aromatic N) is 3. The number of allylic oxidation sites excluding steroid dienone is 4. The largest absolute Gasteiger partial charge is 0.489 e. The number of piperidine rings is 1. The summed E-state index contributed by atoms with van der Waals surface area (Å²) in [5, 5.41) is 9.86. The Morgan fingerprint density at radius 1 is 1.09 bits per heavy atom. The molecule has 1 aromatic carbocycles. The first-order valence-electron chi connectivity index (χ1n) is 14.8. The smallest absolute Gasteiger partial charge is 0.433 e. The van der Waals surface area contributed by atoms with Crippen LogP contribution in [0, 0.1) is 23.6 Å². The topological polar surface area (TPSA) is 77.9 Å². The first kappa shape index (κ1) is 33.5. The van der Waals surface area contributed by atoms with Crippen molar-refractivity contribution in [1.82, 2.24) is 15.3 Å². The lowest BCUT2D eigenvalue weighted by Gasteiger charge is -2.35. The van der Waals surface area contributed by atoms with Crippen LogP contribution in [0.2, 0.25) is 0 Å². The van der Waals surface area contributed by atoms with Gasteiger partial charge in [-0.3, -0.25) is 9.91 Å². The summed E-state index contributed by atoms with van der Waals surface area (Å²) in [5.41, 5.74) is 2.54. The summed E-state index contributed by atoms with van der Waals surface area (Å²) < 4.78 is 101. The highest BCUT2D eigenvalue weighted by Crippen LogP contribution is 2.40. The van der Waals surface area contributed by atoms with Crippen molar-refractivity contribution in [3.63, 3.8) is 0 Å². The lowest BCUT2D eigenvalue weighted by Crippen LogP contribution is -2.40. The SMILES string of the molecule is CC1=CC(C2CCN(CC(F)(F)F)CC2)=CC(C)C1COc1c(F)cccc1-c1cccc(N2NCC(C(=O)O)=C2C(F)(F)F)n1. The number of ether oxygens (including phenoxy) is 1. The van der Waals surface area contributed by atoms with Crippen molar-refractivity contribution < 1.29 is 45.4 Å². The molecule has 248 valence electrons. The van der Waals surface area contributed by atoms with Crippen molar-refractivity contribution >= 4 is 11.8 Å². The summed E-state index contributed by atoms with van der Waals surface area (Å²) in [6.45, 7) is 3.27. The third-order valence-corrected chi connectivity index (χ3v) is 8.59. The van der Waals surface area contributed by atoms with Crippen LogP contribution < -0.4 is 15.2 Å². The van der Waals surface area contributed by atoms with Crippen LogP contribution >= 0.6 is 0 Å². The first-order valence-corrected chi connectivity index (χ1v) is 14.8. The second-order valence-electron chi connectivity index (χ2n) is 11.8. The molecule has 1 saturated heterocycles. The van der Waals surface area contributed by atoms with E-state index in [2.05, 4.69) is 16.5 Å². The highest BCUT2D eigenvalue weighted by Gasteiger charge is 2.46. The predicted molar refractivity (Wildman–Crippen MR) is 156 cm³/mol. The Labute approximate surface area is 261 Å². The molecule has 2 unspecified atom stereocenters. The number of benzene rings is 1. The first-order chi connectivity index (χ1) is 21.6. The summed E-state index contributed by atoms with van der Waals surface area (Å²) in [6.07, 6.45) is -3.84. The number of halogens is 7. The van der Waals surface area contributed by atoms with E-state index in [0.717, 1.165) is 11.1 Å². The maximum absolute atomic E-state index is 15.2.